The van der Waals surface area contributed by atoms with E-state index in [2.05, 4.69) is 26.0 Å². The maximum atomic E-state index is 2.68. The first-order valence-corrected chi connectivity index (χ1v) is 7.83. The van der Waals surface area contributed by atoms with E-state index in [1.807, 2.05) is 0 Å². The first kappa shape index (κ1) is 9.64. The third-order valence-corrected chi connectivity index (χ3v) is 7.87. The fourth-order valence-electron chi connectivity index (χ4n) is 7.72. The van der Waals surface area contributed by atoms with E-state index in [1.54, 1.807) is 19.3 Å². The van der Waals surface area contributed by atoms with Crippen molar-refractivity contribution >= 4 is 0 Å². The summed E-state index contributed by atoms with van der Waals surface area (Å²) in [5, 5.41) is 0. The molecule has 0 amide bonds. The standard InChI is InChI=1S/C17H24/c1-16-7-6-10(8-16)14-15(16)12-9-17(14,2)13-5-3-4-11(12)13/h6-7,10-15H,3-5,8-9H2,1-2H3. The van der Waals surface area contributed by atoms with Crippen molar-refractivity contribution in [3.8, 4) is 0 Å². The lowest BCUT2D eigenvalue weighted by Gasteiger charge is -2.47. The molecule has 0 aliphatic heterocycles. The summed E-state index contributed by atoms with van der Waals surface area (Å²) >= 11 is 0. The van der Waals surface area contributed by atoms with Crippen molar-refractivity contribution in [3.63, 3.8) is 0 Å². The van der Waals surface area contributed by atoms with Gasteiger partial charge in [-0.25, -0.2) is 0 Å². The van der Waals surface area contributed by atoms with Gasteiger partial charge in [0.25, 0.3) is 0 Å². The second-order valence-electron chi connectivity index (χ2n) is 8.36. The lowest BCUT2D eigenvalue weighted by molar-refractivity contribution is 0.0262. The van der Waals surface area contributed by atoms with Crippen molar-refractivity contribution < 1.29 is 0 Å². The van der Waals surface area contributed by atoms with Crippen LogP contribution in [0, 0.1) is 46.3 Å². The maximum Gasteiger partial charge on any atom is -0.0107 e. The summed E-state index contributed by atoms with van der Waals surface area (Å²) in [6, 6.07) is 0. The summed E-state index contributed by atoms with van der Waals surface area (Å²) in [6.07, 6.45) is 12.9. The van der Waals surface area contributed by atoms with Crippen LogP contribution >= 0.6 is 0 Å². The number of rotatable bonds is 0. The van der Waals surface area contributed by atoms with E-state index in [0.29, 0.717) is 5.41 Å². The third kappa shape index (κ3) is 0.833. The van der Waals surface area contributed by atoms with E-state index in [-0.39, 0.29) is 0 Å². The van der Waals surface area contributed by atoms with Crippen molar-refractivity contribution in [1.29, 1.82) is 0 Å². The maximum absolute atomic E-state index is 2.68. The molecule has 0 saturated heterocycles. The molecule has 17 heavy (non-hydrogen) atoms. The Hall–Kier alpha value is -0.260. The fraction of sp³-hybridized carbons (Fsp3) is 0.882. The molecule has 92 valence electrons. The molecule has 4 saturated carbocycles. The van der Waals surface area contributed by atoms with Gasteiger partial charge in [-0.3, -0.25) is 0 Å². The van der Waals surface area contributed by atoms with E-state index in [1.165, 1.54) is 12.8 Å². The Kier molecular flexibility index (Phi) is 1.44. The van der Waals surface area contributed by atoms with Crippen LogP contribution in [0.2, 0.25) is 0 Å². The molecule has 0 heteroatoms. The van der Waals surface area contributed by atoms with Crippen LogP contribution < -0.4 is 0 Å². The highest BCUT2D eigenvalue weighted by Crippen LogP contribution is 2.79. The van der Waals surface area contributed by atoms with Crippen molar-refractivity contribution in [1.82, 2.24) is 0 Å². The summed E-state index contributed by atoms with van der Waals surface area (Å²) in [6.45, 7) is 5.25. The molecule has 8 unspecified atom stereocenters. The quantitative estimate of drug-likeness (QED) is 0.429. The first-order chi connectivity index (χ1) is 8.13. The summed E-state index contributed by atoms with van der Waals surface area (Å²) < 4.78 is 0. The van der Waals surface area contributed by atoms with Gasteiger partial charge in [0.2, 0.25) is 0 Å². The summed E-state index contributed by atoms with van der Waals surface area (Å²) in [5.74, 6) is 6.46. The number of fused-ring (bicyclic) bond motifs is 12. The number of hydrogen-bond donors (Lipinski definition) is 0. The normalized spacial score (nSPS) is 70.0. The highest BCUT2D eigenvalue weighted by Gasteiger charge is 2.72. The molecule has 4 fully saturated rings. The molecule has 8 atom stereocenters. The molecular weight excluding hydrogens is 204 g/mol. The van der Waals surface area contributed by atoms with E-state index in [4.69, 9.17) is 0 Å². The minimum Gasteiger partial charge on any atom is -0.0845 e. The van der Waals surface area contributed by atoms with Crippen molar-refractivity contribution in [2.75, 3.05) is 0 Å². The Balaban J connectivity index is 1.68. The van der Waals surface area contributed by atoms with Crippen molar-refractivity contribution in [2.24, 2.45) is 46.3 Å². The average molecular weight is 228 g/mol. The Labute approximate surface area is 105 Å². The SMILES string of the molecule is CC12C=CC(C1)C1C2C2CC1(C)C1CCCC21. The Morgan fingerprint density at radius 2 is 1.88 bits per heavy atom. The van der Waals surface area contributed by atoms with Gasteiger partial charge in [-0.05, 0) is 72.0 Å². The molecule has 5 aliphatic rings. The molecule has 0 spiro atoms. The second kappa shape index (κ2) is 2.53. The molecule has 0 heterocycles. The van der Waals surface area contributed by atoms with E-state index in [9.17, 15) is 0 Å². The van der Waals surface area contributed by atoms with E-state index < -0.39 is 0 Å². The highest BCUT2D eigenvalue weighted by atomic mass is 14.8. The van der Waals surface area contributed by atoms with Crippen LogP contribution in [0.15, 0.2) is 12.2 Å². The fourth-order valence-corrected chi connectivity index (χ4v) is 7.72. The van der Waals surface area contributed by atoms with Gasteiger partial charge in [-0.2, -0.15) is 0 Å². The molecule has 5 rings (SSSR count). The minimum atomic E-state index is 0.602. The van der Waals surface area contributed by atoms with E-state index in [0.717, 1.165) is 40.9 Å². The van der Waals surface area contributed by atoms with Gasteiger partial charge in [0, 0.05) is 0 Å². The van der Waals surface area contributed by atoms with Crippen molar-refractivity contribution in [2.45, 2.75) is 46.0 Å². The summed E-state index contributed by atoms with van der Waals surface area (Å²) in [7, 11) is 0. The molecule has 0 nitrogen and oxygen atoms in total. The minimum absolute atomic E-state index is 0.602. The lowest BCUT2D eigenvalue weighted by Crippen LogP contribution is -2.42. The predicted octanol–water partition coefficient (Wildman–Crippen LogP) is 4.27. The van der Waals surface area contributed by atoms with E-state index >= 15 is 0 Å². The number of allylic oxidation sites excluding steroid dienone is 2. The first-order valence-electron chi connectivity index (χ1n) is 7.83. The van der Waals surface area contributed by atoms with Crippen LogP contribution in [-0.4, -0.2) is 0 Å². The average Bonchev–Trinajstić information content (AvgIpc) is 2.96. The van der Waals surface area contributed by atoms with Crippen LogP contribution in [0.5, 0.6) is 0 Å². The van der Waals surface area contributed by atoms with Gasteiger partial charge in [0.1, 0.15) is 0 Å². The van der Waals surface area contributed by atoms with Gasteiger partial charge in [0.05, 0.1) is 0 Å². The molecule has 0 N–H and O–H groups in total. The zero-order chi connectivity index (χ0) is 11.4. The van der Waals surface area contributed by atoms with Gasteiger partial charge < -0.3 is 0 Å². The molecule has 0 radical (unpaired) electrons. The van der Waals surface area contributed by atoms with Gasteiger partial charge in [0.15, 0.2) is 0 Å². The zero-order valence-corrected chi connectivity index (χ0v) is 11.2. The van der Waals surface area contributed by atoms with Crippen molar-refractivity contribution in [3.05, 3.63) is 12.2 Å². The lowest BCUT2D eigenvalue weighted by atomic mass is 9.57. The number of hydrogen-bond acceptors (Lipinski definition) is 0. The van der Waals surface area contributed by atoms with Gasteiger partial charge in [-0.1, -0.05) is 32.4 Å². The van der Waals surface area contributed by atoms with Crippen LogP contribution in [0.1, 0.15) is 46.0 Å². The van der Waals surface area contributed by atoms with Crippen LogP contribution in [0.3, 0.4) is 0 Å². The Bertz CT molecular complexity index is 422. The monoisotopic (exact) mass is 228 g/mol. The van der Waals surface area contributed by atoms with Crippen LogP contribution in [-0.2, 0) is 0 Å². The van der Waals surface area contributed by atoms with Gasteiger partial charge >= 0.3 is 0 Å². The Morgan fingerprint density at radius 1 is 1.00 bits per heavy atom. The van der Waals surface area contributed by atoms with Gasteiger partial charge in [-0.15, -0.1) is 0 Å². The zero-order valence-electron chi connectivity index (χ0n) is 11.2. The molecular formula is C17H24. The largest absolute Gasteiger partial charge is 0.0845 e. The van der Waals surface area contributed by atoms with Crippen LogP contribution in [0.4, 0.5) is 0 Å². The van der Waals surface area contributed by atoms with Crippen LogP contribution in [0.25, 0.3) is 0 Å². The third-order valence-electron chi connectivity index (χ3n) is 7.87. The highest BCUT2D eigenvalue weighted by molar-refractivity contribution is 5.29. The summed E-state index contributed by atoms with van der Waals surface area (Å²) in [5.41, 5.74) is 1.34. The smallest absolute Gasteiger partial charge is 0.0107 e. The molecule has 0 aromatic carbocycles. The molecule has 5 aliphatic carbocycles. The molecule has 4 bridgehead atoms. The molecule has 0 aromatic heterocycles. The Morgan fingerprint density at radius 3 is 2.76 bits per heavy atom. The topological polar surface area (TPSA) is 0 Å². The molecule has 0 aromatic rings. The second-order valence-corrected chi connectivity index (χ2v) is 8.36. The predicted molar refractivity (Wildman–Crippen MR) is 69.4 cm³/mol. The summed E-state index contributed by atoms with van der Waals surface area (Å²) in [4.78, 5) is 0.